The Morgan fingerprint density at radius 3 is 2.52 bits per heavy atom. The van der Waals surface area contributed by atoms with Gasteiger partial charge in [0.1, 0.15) is 11.6 Å². The van der Waals surface area contributed by atoms with Gasteiger partial charge in [0.2, 0.25) is 5.91 Å². The number of hydrogen-bond donors (Lipinski definition) is 2. The average Bonchev–Trinajstić information content (AvgIpc) is 3.12. The van der Waals surface area contributed by atoms with Gasteiger partial charge in [-0.1, -0.05) is 18.2 Å². The van der Waals surface area contributed by atoms with Crippen LogP contribution in [0.25, 0.3) is 0 Å². The van der Waals surface area contributed by atoms with Crippen molar-refractivity contribution in [1.82, 2.24) is 10.6 Å². The minimum absolute atomic E-state index is 0. The molecule has 2 aromatic rings. The molecule has 1 heterocycles. The van der Waals surface area contributed by atoms with Gasteiger partial charge in [-0.3, -0.25) is 9.79 Å². The van der Waals surface area contributed by atoms with Crippen molar-refractivity contribution in [2.45, 2.75) is 25.8 Å². The summed E-state index contributed by atoms with van der Waals surface area (Å²) in [7, 11) is 1.66. The van der Waals surface area contributed by atoms with Crippen molar-refractivity contribution in [3.63, 3.8) is 0 Å². The average molecular weight is 514 g/mol. The van der Waals surface area contributed by atoms with Crippen LogP contribution >= 0.6 is 24.0 Å². The number of benzene rings is 2. The number of aliphatic imine (C=N–C) groups is 1. The molecular weight excluding hydrogens is 489 g/mol. The molecule has 0 unspecified atom stereocenters. The van der Waals surface area contributed by atoms with Crippen LogP contribution in [-0.4, -0.2) is 32.0 Å². The van der Waals surface area contributed by atoms with Gasteiger partial charge in [0, 0.05) is 44.9 Å². The van der Waals surface area contributed by atoms with Crippen LogP contribution in [0.15, 0.2) is 47.5 Å². The molecule has 1 amide bonds. The van der Waals surface area contributed by atoms with Crippen LogP contribution in [0.4, 0.5) is 14.5 Å². The lowest BCUT2D eigenvalue weighted by molar-refractivity contribution is -0.117. The van der Waals surface area contributed by atoms with E-state index in [-0.39, 0.29) is 29.9 Å². The molecule has 8 heteroatoms. The molecule has 0 atom stereocenters. The summed E-state index contributed by atoms with van der Waals surface area (Å²) in [4.78, 5) is 17.8. The second-order valence-corrected chi connectivity index (χ2v) is 6.65. The molecule has 0 saturated carbocycles. The number of rotatable bonds is 6. The summed E-state index contributed by atoms with van der Waals surface area (Å²) in [6.45, 7) is 1.82. The number of hydrogen-bond acceptors (Lipinski definition) is 2. The van der Waals surface area contributed by atoms with Gasteiger partial charge >= 0.3 is 0 Å². The number of guanidine groups is 1. The SMILES string of the molecule is CN=C(NCCc1ccc(F)cc1F)NCc1ccc(N2CCCC2=O)cc1.I. The van der Waals surface area contributed by atoms with Gasteiger partial charge < -0.3 is 15.5 Å². The third kappa shape index (κ3) is 6.38. The fourth-order valence-electron chi connectivity index (χ4n) is 3.16. The molecule has 156 valence electrons. The maximum atomic E-state index is 13.7. The lowest BCUT2D eigenvalue weighted by Gasteiger charge is -2.16. The van der Waals surface area contributed by atoms with E-state index in [0.29, 0.717) is 37.5 Å². The molecule has 0 aromatic heterocycles. The largest absolute Gasteiger partial charge is 0.356 e. The first-order chi connectivity index (χ1) is 13.6. The lowest BCUT2D eigenvalue weighted by Crippen LogP contribution is -2.37. The first kappa shape index (κ1) is 23.1. The normalized spacial score (nSPS) is 14.0. The van der Waals surface area contributed by atoms with E-state index in [1.165, 1.54) is 12.1 Å². The third-order valence-electron chi connectivity index (χ3n) is 4.71. The second-order valence-electron chi connectivity index (χ2n) is 6.65. The number of anilines is 1. The van der Waals surface area contributed by atoms with Gasteiger partial charge in [0.15, 0.2) is 5.96 Å². The Morgan fingerprint density at radius 2 is 1.90 bits per heavy atom. The van der Waals surface area contributed by atoms with Crippen molar-refractivity contribution >= 4 is 41.5 Å². The Bertz CT molecular complexity index is 858. The predicted octanol–water partition coefficient (Wildman–Crippen LogP) is 3.62. The number of carbonyl (C=O) groups is 1. The van der Waals surface area contributed by atoms with Crippen LogP contribution in [-0.2, 0) is 17.8 Å². The first-order valence-corrected chi connectivity index (χ1v) is 9.34. The molecule has 29 heavy (non-hydrogen) atoms. The minimum atomic E-state index is -0.577. The molecule has 0 bridgehead atoms. The molecule has 0 radical (unpaired) electrons. The van der Waals surface area contributed by atoms with Crippen LogP contribution in [0.1, 0.15) is 24.0 Å². The van der Waals surface area contributed by atoms with Crippen molar-refractivity contribution in [3.05, 3.63) is 65.2 Å². The Kier molecular flexibility index (Phi) is 8.81. The van der Waals surface area contributed by atoms with Crippen molar-refractivity contribution in [2.24, 2.45) is 4.99 Å². The zero-order valence-electron chi connectivity index (χ0n) is 16.3. The van der Waals surface area contributed by atoms with Gasteiger partial charge in [0.05, 0.1) is 0 Å². The van der Waals surface area contributed by atoms with Gasteiger partial charge in [-0.25, -0.2) is 8.78 Å². The van der Waals surface area contributed by atoms with Gasteiger partial charge in [-0.05, 0) is 42.2 Å². The summed E-state index contributed by atoms with van der Waals surface area (Å²) in [5.74, 6) is -0.345. The molecule has 2 aromatic carbocycles. The minimum Gasteiger partial charge on any atom is -0.356 e. The van der Waals surface area contributed by atoms with Crippen molar-refractivity contribution in [1.29, 1.82) is 0 Å². The van der Waals surface area contributed by atoms with Crippen LogP contribution < -0.4 is 15.5 Å². The van der Waals surface area contributed by atoms with Gasteiger partial charge in [-0.15, -0.1) is 24.0 Å². The molecule has 3 rings (SSSR count). The highest BCUT2D eigenvalue weighted by molar-refractivity contribution is 14.0. The molecular formula is C21H25F2IN4O. The first-order valence-electron chi connectivity index (χ1n) is 9.34. The molecule has 2 N–H and O–H groups in total. The van der Waals surface area contributed by atoms with E-state index < -0.39 is 11.6 Å². The van der Waals surface area contributed by atoms with E-state index in [1.807, 2.05) is 29.2 Å². The van der Waals surface area contributed by atoms with Crippen molar-refractivity contribution in [2.75, 3.05) is 25.0 Å². The summed E-state index contributed by atoms with van der Waals surface area (Å²) in [6.07, 6.45) is 1.95. The third-order valence-corrected chi connectivity index (χ3v) is 4.71. The number of carbonyl (C=O) groups excluding carboxylic acids is 1. The summed E-state index contributed by atoms with van der Waals surface area (Å²) in [5, 5.41) is 6.32. The molecule has 1 fully saturated rings. The van der Waals surface area contributed by atoms with Crippen molar-refractivity contribution in [3.8, 4) is 0 Å². The summed E-state index contributed by atoms with van der Waals surface area (Å²) in [6, 6.07) is 11.5. The quantitative estimate of drug-likeness (QED) is 0.352. The number of amides is 1. The molecule has 1 saturated heterocycles. The van der Waals surface area contributed by atoms with Crippen LogP contribution in [0, 0.1) is 11.6 Å². The van der Waals surface area contributed by atoms with Crippen LogP contribution in [0.2, 0.25) is 0 Å². The van der Waals surface area contributed by atoms with E-state index in [2.05, 4.69) is 15.6 Å². The van der Waals surface area contributed by atoms with Gasteiger partial charge in [0.25, 0.3) is 0 Å². The van der Waals surface area contributed by atoms with E-state index >= 15 is 0 Å². The Balaban J connectivity index is 0.00000300. The summed E-state index contributed by atoms with van der Waals surface area (Å²) in [5.41, 5.74) is 2.44. The zero-order chi connectivity index (χ0) is 19.9. The van der Waals surface area contributed by atoms with Gasteiger partial charge in [-0.2, -0.15) is 0 Å². The topological polar surface area (TPSA) is 56.7 Å². The summed E-state index contributed by atoms with van der Waals surface area (Å²) < 4.78 is 26.6. The smallest absolute Gasteiger partial charge is 0.227 e. The fourth-order valence-corrected chi connectivity index (χ4v) is 3.16. The maximum absolute atomic E-state index is 13.7. The van der Waals surface area contributed by atoms with E-state index in [1.54, 1.807) is 7.05 Å². The Morgan fingerprint density at radius 1 is 1.14 bits per heavy atom. The standard InChI is InChI=1S/C21H24F2N4O.HI/c1-24-21(25-11-10-16-6-7-17(22)13-19(16)23)26-14-15-4-8-18(9-5-15)27-12-2-3-20(27)28;/h4-9,13H,2-3,10-12,14H2,1H3,(H2,24,25,26);1H. The highest BCUT2D eigenvalue weighted by Crippen LogP contribution is 2.21. The fraction of sp³-hybridized carbons (Fsp3) is 0.333. The second kappa shape index (κ2) is 11.1. The van der Waals surface area contributed by atoms with E-state index in [9.17, 15) is 13.6 Å². The van der Waals surface area contributed by atoms with Crippen LogP contribution in [0.3, 0.4) is 0 Å². The monoisotopic (exact) mass is 514 g/mol. The number of halogens is 3. The van der Waals surface area contributed by atoms with E-state index in [0.717, 1.165) is 30.3 Å². The van der Waals surface area contributed by atoms with Crippen LogP contribution in [0.5, 0.6) is 0 Å². The molecule has 1 aliphatic heterocycles. The lowest BCUT2D eigenvalue weighted by atomic mass is 10.1. The predicted molar refractivity (Wildman–Crippen MR) is 122 cm³/mol. The highest BCUT2D eigenvalue weighted by atomic mass is 127. The molecule has 1 aliphatic rings. The van der Waals surface area contributed by atoms with E-state index in [4.69, 9.17) is 0 Å². The summed E-state index contributed by atoms with van der Waals surface area (Å²) >= 11 is 0. The number of nitrogens with zero attached hydrogens (tertiary/aromatic N) is 2. The Labute approximate surface area is 186 Å². The Hall–Kier alpha value is -2.23. The molecule has 0 spiro atoms. The molecule has 5 nitrogen and oxygen atoms in total. The maximum Gasteiger partial charge on any atom is 0.227 e. The molecule has 0 aliphatic carbocycles. The zero-order valence-corrected chi connectivity index (χ0v) is 18.6. The highest BCUT2D eigenvalue weighted by Gasteiger charge is 2.21. The van der Waals surface area contributed by atoms with Crippen molar-refractivity contribution < 1.29 is 13.6 Å². The number of nitrogens with one attached hydrogen (secondary N) is 2.